The minimum Gasteiger partial charge on any atom is -0.494 e. The molecule has 1 aromatic carbocycles. The Labute approximate surface area is 170 Å². The third-order valence-electron chi connectivity index (χ3n) is 4.76. The van der Waals surface area contributed by atoms with Crippen molar-refractivity contribution >= 4 is 27.3 Å². The van der Waals surface area contributed by atoms with Crippen LogP contribution in [0.5, 0.6) is 5.75 Å². The van der Waals surface area contributed by atoms with E-state index in [9.17, 15) is 13.2 Å². The zero-order valence-corrected chi connectivity index (χ0v) is 17.9. The molecule has 8 heteroatoms. The molecule has 0 N–H and O–H groups in total. The minimum absolute atomic E-state index is 0.128. The fourth-order valence-electron chi connectivity index (χ4n) is 3.28. The lowest BCUT2D eigenvalue weighted by Gasteiger charge is -2.26. The van der Waals surface area contributed by atoms with Crippen LogP contribution >= 0.6 is 11.3 Å². The zero-order valence-electron chi connectivity index (χ0n) is 16.3. The van der Waals surface area contributed by atoms with Gasteiger partial charge in [-0.2, -0.15) is 4.31 Å². The van der Waals surface area contributed by atoms with Crippen molar-refractivity contribution in [2.45, 2.75) is 37.6 Å². The number of piperidine rings is 1. The minimum atomic E-state index is -3.63. The Morgan fingerprint density at radius 1 is 1.14 bits per heavy atom. The molecule has 28 heavy (non-hydrogen) atoms. The number of rotatable bonds is 7. The summed E-state index contributed by atoms with van der Waals surface area (Å²) >= 11 is 1.18. The highest BCUT2D eigenvalue weighted by atomic mass is 32.2. The van der Waals surface area contributed by atoms with Gasteiger partial charge >= 0.3 is 0 Å². The van der Waals surface area contributed by atoms with Gasteiger partial charge in [-0.25, -0.2) is 8.42 Å². The molecule has 0 unspecified atom stereocenters. The average Bonchev–Trinajstić information content (AvgIpc) is 3.20. The van der Waals surface area contributed by atoms with Crippen molar-refractivity contribution in [3.05, 3.63) is 46.2 Å². The van der Waals surface area contributed by atoms with Crippen molar-refractivity contribution in [2.75, 3.05) is 26.7 Å². The van der Waals surface area contributed by atoms with Gasteiger partial charge in [0.25, 0.3) is 5.91 Å². The molecule has 6 nitrogen and oxygen atoms in total. The molecule has 1 saturated heterocycles. The summed E-state index contributed by atoms with van der Waals surface area (Å²) in [4.78, 5) is 14.9. The lowest BCUT2D eigenvalue weighted by molar-refractivity contribution is 0.0786. The van der Waals surface area contributed by atoms with Crippen LogP contribution in [-0.2, 0) is 16.6 Å². The van der Waals surface area contributed by atoms with E-state index in [4.69, 9.17) is 4.74 Å². The summed E-state index contributed by atoms with van der Waals surface area (Å²) in [5.74, 6) is 0.507. The summed E-state index contributed by atoms with van der Waals surface area (Å²) in [6.07, 6.45) is 2.78. The van der Waals surface area contributed by atoms with E-state index in [1.54, 1.807) is 23.4 Å². The van der Waals surface area contributed by atoms with Crippen molar-refractivity contribution in [2.24, 2.45) is 0 Å². The van der Waals surface area contributed by atoms with Crippen molar-refractivity contribution < 1.29 is 17.9 Å². The molecule has 152 valence electrons. The lowest BCUT2D eigenvalue weighted by Crippen LogP contribution is -2.36. The van der Waals surface area contributed by atoms with Gasteiger partial charge in [0.1, 0.15) is 15.5 Å². The van der Waals surface area contributed by atoms with Crippen molar-refractivity contribution in [1.82, 2.24) is 9.21 Å². The monoisotopic (exact) mass is 422 g/mol. The van der Waals surface area contributed by atoms with E-state index in [1.807, 2.05) is 31.2 Å². The number of hydrogen-bond acceptors (Lipinski definition) is 5. The number of amides is 1. The number of thiophene rings is 1. The highest BCUT2D eigenvalue weighted by molar-refractivity contribution is 7.89. The van der Waals surface area contributed by atoms with Crippen LogP contribution in [0.2, 0.25) is 0 Å². The molecule has 0 bridgehead atoms. The first kappa shape index (κ1) is 20.8. The van der Waals surface area contributed by atoms with Crippen LogP contribution in [0.25, 0.3) is 0 Å². The number of nitrogens with zero attached hydrogens (tertiary/aromatic N) is 2. The van der Waals surface area contributed by atoms with E-state index in [0.717, 1.165) is 30.6 Å². The molecule has 0 aliphatic carbocycles. The second-order valence-corrected chi connectivity index (χ2v) is 9.64. The van der Waals surface area contributed by atoms with E-state index in [0.29, 0.717) is 26.2 Å². The SMILES string of the molecule is CCOc1ccc(CN(C)C(=O)c2sccc2S(=O)(=O)N2CCCCC2)cc1. The van der Waals surface area contributed by atoms with Crippen LogP contribution in [0, 0.1) is 0 Å². The van der Waals surface area contributed by atoms with Crippen molar-refractivity contribution in [3.63, 3.8) is 0 Å². The lowest BCUT2D eigenvalue weighted by atomic mass is 10.2. The quantitative estimate of drug-likeness (QED) is 0.684. The Morgan fingerprint density at radius 2 is 1.82 bits per heavy atom. The number of hydrogen-bond donors (Lipinski definition) is 0. The molecule has 1 aliphatic rings. The number of benzene rings is 1. The van der Waals surface area contributed by atoms with Crippen LogP contribution in [0.15, 0.2) is 40.6 Å². The molecule has 2 heterocycles. The van der Waals surface area contributed by atoms with Gasteiger partial charge in [0.05, 0.1) is 6.61 Å². The Bertz CT molecular complexity index is 901. The molecule has 1 amide bonds. The van der Waals surface area contributed by atoms with Crippen LogP contribution in [-0.4, -0.2) is 50.3 Å². The van der Waals surface area contributed by atoms with Crippen LogP contribution < -0.4 is 4.74 Å². The van der Waals surface area contributed by atoms with Gasteiger partial charge in [0.15, 0.2) is 0 Å². The predicted octanol–water partition coefficient (Wildman–Crippen LogP) is 3.59. The zero-order chi connectivity index (χ0) is 20.1. The maximum Gasteiger partial charge on any atom is 0.265 e. The summed E-state index contributed by atoms with van der Waals surface area (Å²) in [5, 5.41) is 1.68. The maximum atomic E-state index is 13.0. The van der Waals surface area contributed by atoms with Gasteiger partial charge in [0, 0.05) is 26.7 Å². The Hall–Kier alpha value is -1.90. The molecule has 2 aromatic rings. The van der Waals surface area contributed by atoms with Crippen LogP contribution in [0.4, 0.5) is 0 Å². The van der Waals surface area contributed by atoms with Crippen molar-refractivity contribution in [3.8, 4) is 5.75 Å². The smallest absolute Gasteiger partial charge is 0.265 e. The molecule has 1 aliphatic heterocycles. The first-order valence-electron chi connectivity index (χ1n) is 9.48. The van der Waals surface area contributed by atoms with E-state index in [1.165, 1.54) is 15.6 Å². The van der Waals surface area contributed by atoms with E-state index < -0.39 is 10.0 Å². The molecule has 3 rings (SSSR count). The molecule has 0 radical (unpaired) electrons. The van der Waals surface area contributed by atoms with Gasteiger partial charge in [-0.3, -0.25) is 4.79 Å². The van der Waals surface area contributed by atoms with Gasteiger partial charge < -0.3 is 9.64 Å². The largest absolute Gasteiger partial charge is 0.494 e. The average molecular weight is 423 g/mol. The molecule has 0 spiro atoms. The Balaban J connectivity index is 1.75. The van der Waals surface area contributed by atoms with Crippen molar-refractivity contribution in [1.29, 1.82) is 0 Å². The molecular weight excluding hydrogens is 396 g/mol. The topological polar surface area (TPSA) is 66.9 Å². The van der Waals surface area contributed by atoms with Crippen LogP contribution in [0.3, 0.4) is 0 Å². The first-order chi connectivity index (χ1) is 13.4. The fraction of sp³-hybridized carbons (Fsp3) is 0.450. The van der Waals surface area contributed by atoms with Gasteiger partial charge in [-0.05, 0) is 48.9 Å². The summed E-state index contributed by atoms with van der Waals surface area (Å²) in [7, 11) is -1.94. The number of ether oxygens (including phenoxy) is 1. The summed E-state index contributed by atoms with van der Waals surface area (Å²) in [6, 6.07) is 9.11. The van der Waals surface area contributed by atoms with Gasteiger partial charge in [-0.15, -0.1) is 11.3 Å². The number of carbonyl (C=O) groups excluding carboxylic acids is 1. The third-order valence-corrected chi connectivity index (χ3v) is 7.73. The second kappa shape index (κ2) is 9.07. The van der Waals surface area contributed by atoms with E-state index in [-0.39, 0.29) is 15.7 Å². The highest BCUT2D eigenvalue weighted by Crippen LogP contribution is 2.28. The van der Waals surface area contributed by atoms with E-state index in [2.05, 4.69) is 0 Å². The maximum absolute atomic E-state index is 13.0. The molecular formula is C20H26N2O4S2. The second-order valence-electron chi connectivity index (χ2n) is 6.82. The Morgan fingerprint density at radius 3 is 2.46 bits per heavy atom. The number of carbonyl (C=O) groups is 1. The first-order valence-corrected chi connectivity index (χ1v) is 11.8. The Kier molecular flexibility index (Phi) is 6.74. The predicted molar refractivity (Wildman–Crippen MR) is 110 cm³/mol. The summed E-state index contributed by atoms with van der Waals surface area (Å²) in [5.41, 5.74) is 0.955. The van der Waals surface area contributed by atoms with E-state index >= 15 is 0 Å². The third kappa shape index (κ3) is 4.56. The summed E-state index contributed by atoms with van der Waals surface area (Å²) < 4.78 is 32.9. The molecule has 0 atom stereocenters. The molecule has 1 fully saturated rings. The van der Waals surface area contributed by atoms with Gasteiger partial charge in [0.2, 0.25) is 10.0 Å². The summed E-state index contributed by atoms with van der Waals surface area (Å²) in [6.45, 7) is 3.97. The molecule has 0 saturated carbocycles. The highest BCUT2D eigenvalue weighted by Gasteiger charge is 2.31. The van der Waals surface area contributed by atoms with Gasteiger partial charge in [-0.1, -0.05) is 18.6 Å². The normalized spacial score (nSPS) is 15.4. The standard InChI is InChI=1S/C20H26N2O4S2/c1-3-26-17-9-7-16(8-10-17)15-21(2)20(23)19-18(11-14-27-19)28(24,25)22-12-5-4-6-13-22/h7-11,14H,3-6,12-13,15H2,1-2H3. The fourth-order valence-corrected chi connectivity index (χ4v) is 6.18. The molecule has 1 aromatic heterocycles. The van der Waals surface area contributed by atoms with Crippen LogP contribution in [0.1, 0.15) is 41.4 Å². The number of sulfonamides is 1.